The first-order chi connectivity index (χ1) is 9.15. The third kappa shape index (κ3) is 1.58. The largest absolute Gasteiger partial charge is 0.397 e. The molecule has 3 N–H and O–H groups in total. The minimum Gasteiger partial charge on any atom is -0.397 e. The molecular formula is C15H19N3O. The summed E-state index contributed by atoms with van der Waals surface area (Å²) in [5, 5.41) is 2.96. The lowest BCUT2D eigenvalue weighted by atomic mass is 10.0. The summed E-state index contributed by atoms with van der Waals surface area (Å²) in [5.41, 5.74) is 7.36. The van der Waals surface area contributed by atoms with E-state index in [9.17, 15) is 4.79 Å². The van der Waals surface area contributed by atoms with Crippen LogP contribution in [0.15, 0.2) is 12.3 Å². The van der Waals surface area contributed by atoms with E-state index in [1.807, 2.05) is 13.0 Å². The van der Waals surface area contributed by atoms with Gasteiger partial charge in [-0.1, -0.05) is 0 Å². The topological polar surface area (TPSA) is 68.0 Å². The van der Waals surface area contributed by atoms with Crippen LogP contribution in [0.3, 0.4) is 0 Å². The van der Waals surface area contributed by atoms with Crippen molar-refractivity contribution in [1.29, 1.82) is 0 Å². The summed E-state index contributed by atoms with van der Waals surface area (Å²) in [4.78, 5) is 16.5. The van der Waals surface area contributed by atoms with Crippen LogP contribution in [-0.4, -0.2) is 10.9 Å². The Balaban J connectivity index is 1.47. The Kier molecular flexibility index (Phi) is 2.20. The highest BCUT2D eigenvalue weighted by Crippen LogP contribution is 2.69. The molecule has 4 rings (SSSR count). The van der Waals surface area contributed by atoms with E-state index in [4.69, 9.17) is 5.73 Å². The highest BCUT2D eigenvalue weighted by atomic mass is 16.2. The quantitative estimate of drug-likeness (QED) is 0.853. The summed E-state index contributed by atoms with van der Waals surface area (Å²) in [6.07, 6.45) is 5.67. The predicted octanol–water partition coefficient (Wildman–Crippen LogP) is 2.20. The van der Waals surface area contributed by atoms with Crippen LogP contribution in [0, 0.1) is 36.5 Å². The van der Waals surface area contributed by atoms with Crippen molar-refractivity contribution in [2.45, 2.75) is 26.2 Å². The molecule has 3 fully saturated rings. The van der Waals surface area contributed by atoms with Crippen LogP contribution in [0.25, 0.3) is 0 Å². The number of aryl methyl sites for hydroxylation is 1. The number of carbonyl (C=O) groups is 1. The SMILES string of the molecule is Cc1cc(NC(=O)C2C3C4CCC(C4)C23)ncc1N. The van der Waals surface area contributed by atoms with E-state index < -0.39 is 0 Å². The molecule has 1 heterocycles. The molecule has 1 aromatic heterocycles. The van der Waals surface area contributed by atoms with Gasteiger partial charge >= 0.3 is 0 Å². The Labute approximate surface area is 112 Å². The number of nitrogen functional groups attached to an aromatic ring is 1. The average Bonchev–Trinajstić information content (AvgIpc) is 2.83. The number of nitrogens with one attached hydrogen (secondary N) is 1. The monoisotopic (exact) mass is 257 g/mol. The molecule has 1 amide bonds. The number of carbonyl (C=O) groups excluding carboxylic acids is 1. The molecule has 0 aromatic carbocycles. The van der Waals surface area contributed by atoms with Gasteiger partial charge in [0.2, 0.25) is 5.91 Å². The number of pyridine rings is 1. The summed E-state index contributed by atoms with van der Waals surface area (Å²) in [7, 11) is 0. The minimum atomic E-state index is 0.170. The number of amides is 1. The Morgan fingerprint density at radius 2 is 2.05 bits per heavy atom. The molecule has 4 heteroatoms. The molecule has 3 saturated carbocycles. The molecule has 2 bridgehead atoms. The maximum atomic E-state index is 12.3. The Bertz CT molecular complexity index is 540. The van der Waals surface area contributed by atoms with Gasteiger partial charge in [0.05, 0.1) is 11.9 Å². The highest BCUT2D eigenvalue weighted by molar-refractivity contribution is 5.94. The van der Waals surface area contributed by atoms with E-state index in [0.717, 1.165) is 17.4 Å². The normalized spacial score (nSPS) is 38.1. The minimum absolute atomic E-state index is 0.170. The van der Waals surface area contributed by atoms with Crippen molar-refractivity contribution in [3.63, 3.8) is 0 Å². The zero-order valence-electron chi connectivity index (χ0n) is 11.1. The van der Waals surface area contributed by atoms with Gasteiger partial charge in [-0.05, 0) is 61.5 Å². The van der Waals surface area contributed by atoms with Gasteiger partial charge in [0.25, 0.3) is 0 Å². The van der Waals surface area contributed by atoms with Crippen LogP contribution in [-0.2, 0) is 4.79 Å². The molecule has 4 nitrogen and oxygen atoms in total. The van der Waals surface area contributed by atoms with Crippen molar-refractivity contribution in [3.05, 3.63) is 17.8 Å². The van der Waals surface area contributed by atoms with Crippen molar-refractivity contribution in [2.75, 3.05) is 11.1 Å². The second-order valence-corrected chi connectivity index (χ2v) is 6.43. The molecule has 100 valence electrons. The van der Waals surface area contributed by atoms with Crippen LogP contribution in [0.4, 0.5) is 11.5 Å². The maximum Gasteiger partial charge on any atom is 0.229 e. The van der Waals surface area contributed by atoms with E-state index in [2.05, 4.69) is 10.3 Å². The van der Waals surface area contributed by atoms with E-state index >= 15 is 0 Å². The first-order valence-electron chi connectivity index (χ1n) is 7.18. The van der Waals surface area contributed by atoms with Crippen LogP contribution in [0.2, 0.25) is 0 Å². The van der Waals surface area contributed by atoms with Gasteiger partial charge in [0.15, 0.2) is 0 Å². The van der Waals surface area contributed by atoms with Crippen LogP contribution >= 0.6 is 0 Å². The average molecular weight is 257 g/mol. The van der Waals surface area contributed by atoms with Crippen LogP contribution in [0.5, 0.6) is 0 Å². The van der Waals surface area contributed by atoms with Crippen molar-refractivity contribution in [1.82, 2.24) is 4.98 Å². The molecule has 0 aliphatic heterocycles. The molecular weight excluding hydrogens is 238 g/mol. The fourth-order valence-electron chi connectivity index (χ4n) is 4.52. The van der Waals surface area contributed by atoms with Gasteiger partial charge in [-0.3, -0.25) is 4.79 Å². The lowest BCUT2D eigenvalue weighted by molar-refractivity contribution is -0.118. The number of nitrogens with two attached hydrogens (primary N) is 1. The molecule has 3 aliphatic carbocycles. The molecule has 4 atom stereocenters. The van der Waals surface area contributed by atoms with Gasteiger partial charge in [0.1, 0.15) is 5.82 Å². The molecule has 3 aliphatic rings. The smallest absolute Gasteiger partial charge is 0.229 e. The third-order valence-electron chi connectivity index (χ3n) is 5.44. The molecule has 1 aromatic rings. The van der Waals surface area contributed by atoms with Gasteiger partial charge in [-0.2, -0.15) is 0 Å². The molecule has 0 spiro atoms. The number of anilines is 2. The first-order valence-corrected chi connectivity index (χ1v) is 7.18. The number of nitrogens with zero attached hydrogens (tertiary/aromatic N) is 1. The molecule has 4 unspecified atom stereocenters. The number of fused-ring (bicyclic) bond motifs is 5. The fraction of sp³-hybridized carbons (Fsp3) is 0.600. The highest BCUT2D eigenvalue weighted by Gasteiger charge is 2.67. The Hall–Kier alpha value is -1.58. The van der Waals surface area contributed by atoms with Crippen molar-refractivity contribution < 1.29 is 4.79 Å². The zero-order chi connectivity index (χ0) is 13.1. The van der Waals surface area contributed by atoms with Crippen LogP contribution in [0.1, 0.15) is 24.8 Å². The number of hydrogen-bond donors (Lipinski definition) is 2. The second kappa shape index (κ2) is 3.71. The first kappa shape index (κ1) is 11.3. The Morgan fingerprint density at radius 3 is 2.68 bits per heavy atom. The van der Waals surface area contributed by atoms with Crippen molar-refractivity contribution in [2.24, 2.45) is 29.6 Å². The molecule has 19 heavy (non-hydrogen) atoms. The Morgan fingerprint density at radius 1 is 1.37 bits per heavy atom. The van der Waals surface area contributed by atoms with E-state index in [1.165, 1.54) is 19.3 Å². The van der Waals surface area contributed by atoms with Gasteiger partial charge < -0.3 is 11.1 Å². The summed E-state index contributed by atoms with van der Waals surface area (Å²) in [6.45, 7) is 1.93. The molecule has 0 saturated heterocycles. The summed E-state index contributed by atoms with van der Waals surface area (Å²) in [5.74, 6) is 4.06. The predicted molar refractivity (Wildman–Crippen MR) is 73.3 cm³/mol. The van der Waals surface area contributed by atoms with E-state index in [1.54, 1.807) is 6.20 Å². The maximum absolute atomic E-state index is 12.3. The second-order valence-electron chi connectivity index (χ2n) is 6.43. The van der Waals surface area contributed by atoms with Crippen LogP contribution < -0.4 is 11.1 Å². The summed E-state index contributed by atoms with van der Waals surface area (Å²) < 4.78 is 0. The van der Waals surface area contributed by atoms with Crippen molar-refractivity contribution >= 4 is 17.4 Å². The van der Waals surface area contributed by atoms with Gasteiger partial charge in [-0.25, -0.2) is 4.98 Å². The number of hydrogen-bond acceptors (Lipinski definition) is 3. The lowest BCUT2D eigenvalue weighted by Crippen LogP contribution is -2.19. The standard InChI is InChI=1S/C15H19N3O/c1-7-4-11(17-6-10(7)16)18-15(19)14-12-8-2-3-9(5-8)13(12)14/h4,6,8-9,12-14H,2-3,5,16H2,1H3,(H,17,18,19). The number of rotatable bonds is 2. The third-order valence-corrected chi connectivity index (χ3v) is 5.44. The van der Waals surface area contributed by atoms with E-state index in [0.29, 0.717) is 23.3 Å². The van der Waals surface area contributed by atoms with Gasteiger partial charge in [0, 0.05) is 5.92 Å². The fourth-order valence-corrected chi connectivity index (χ4v) is 4.52. The zero-order valence-corrected chi connectivity index (χ0v) is 11.1. The molecule has 0 radical (unpaired) electrons. The summed E-state index contributed by atoms with van der Waals surface area (Å²) in [6, 6.07) is 1.85. The lowest BCUT2D eigenvalue weighted by Gasteiger charge is -2.10. The summed E-state index contributed by atoms with van der Waals surface area (Å²) >= 11 is 0. The number of aromatic nitrogens is 1. The van der Waals surface area contributed by atoms with Gasteiger partial charge in [-0.15, -0.1) is 0 Å². The van der Waals surface area contributed by atoms with E-state index in [-0.39, 0.29) is 11.8 Å². The van der Waals surface area contributed by atoms with Crippen molar-refractivity contribution in [3.8, 4) is 0 Å².